The van der Waals surface area contributed by atoms with E-state index in [-0.39, 0.29) is 6.54 Å². The van der Waals surface area contributed by atoms with Gasteiger partial charge in [-0.1, -0.05) is 0 Å². The van der Waals surface area contributed by atoms with E-state index in [4.69, 9.17) is 21.9 Å². The maximum atomic E-state index is 12.4. The monoisotopic (exact) mass is 345 g/mol. The second-order valence-electron chi connectivity index (χ2n) is 5.48. The van der Waals surface area contributed by atoms with E-state index in [1.807, 2.05) is 0 Å². The molecule has 0 aliphatic rings. The minimum absolute atomic E-state index is 0.211. The van der Waals surface area contributed by atoms with Gasteiger partial charge in [0.2, 0.25) is 11.8 Å². The minimum atomic E-state index is -0.763. The predicted molar refractivity (Wildman–Crippen MR) is 90.7 cm³/mol. The van der Waals surface area contributed by atoms with Crippen LogP contribution in [-0.4, -0.2) is 56.6 Å². The fraction of sp³-hybridized carbons (Fsp3) is 0.800. The van der Waals surface area contributed by atoms with E-state index in [0.29, 0.717) is 38.8 Å². The molecule has 0 spiro atoms. The summed E-state index contributed by atoms with van der Waals surface area (Å²) in [6.45, 7) is 0.802. The second-order valence-corrected chi connectivity index (χ2v) is 5.48. The Labute approximate surface area is 143 Å². The lowest BCUT2D eigenvalue weighted by atomic mass is 10.1. The van der Waals surface area contributed by atoms with Gasteiger partial charge in [-0.05, 0) is 51.6 Å². The SMILES string of the molecule is COC(=O)C(CCCCN)NC(=O)C(CCCCN)NC(=O)CN. The Morgan fingerprint density at radius 3 is 1.88 bits per heavy atom. The number of hydrogen-bond donors (Lipinski definition) is 5. The summed E-state index contributed by atoms with van der Waals surface area (Å²) in [4.78, 5) is 35.7. The average Bonchev–Trinajstić information content (AvgIpc) is 2.59. The highest BCUT2D eigenvalue weighted by molar-refractivity contribution is 5.91. The third kappa shape index (κ3) is 9.43. The number of hydrogen-bond acceptors (Lipinski definition) is 7. The fourth-order valence-electron chi connectivity index (χ4n) is 2.17. The summed E-state index contributed by atoms with van der Waals surface area (Å²) in [5, 5.41) is 5.21. The molecule has 0 aliphatic carbocycles. The number of methoxy groups -OCH3 is 1. The van der Waals surface area contributed by atoms with Crippen LogP contribution in [0.1, 0.15) is 38.5 Å². The minimum Gasteiger partial charge on any atom is -0.467 e. The van der Waals surface area contributed by atoms with Crippen molar-refractivity contribution in [1.82, 2.24) is 10.6 Å². The quantitative estimate of drug-likeness (QED) is 0.197. The number of unbranched alkanes of at least 4 members (excludes halogenated alkanes) is 2. The summed E-state index contributed by atoms with van der Waals surface area (Å²) in [5.74, 6) is -1.39. The Morgan fingerprint density at radius 2 is 1.42 bits per heavy atom. The number of esters is 1. The molecule has 0 bridgehead atoms. The van der Waals surface area contributed by atoms with Crippen LogP contribution in [0.2, 0.25) is 0 Å². The molecule has 2 unspecified atom stereocenters. The van der Waals surface area contributed by atoms with Crippen LogP contribution in [-0.2, 0) is 19.1 Å². The zero-order chi connectivity index (χ0) is 18.4. The lowest BCUT2D eigenvalue weighted by Gasteiger charge is -2.22. The number of rotatable bonds is 13. The molecule has 140 valence electrons. The molecule has 0 saturated carbocycles. The molecule has 0 aromatic carbocycles. The van der Waals surface area contributed by atoms with Crippen molar-refractivity contribution in [2.45, 2.75) is 50.6 Å². The molecule has 0 aliphatic heterocycles. The van der Waals surface area contributed by atoms with Gasteiger partial charge in [-0.3, -0.25) is 9.59 Å². The average molecular weight is 345 g/mol. The van der Waals surface area contributed by atoms with Crippen LogP contribution in [0.4, 0.5) is 0 Å². The lowest BCUT2D eigenvalue weighted by Crippen LogP contribution is -2.52. The van der Waals surface area contributed by atoms with Crippen molar-refractivity contribution in [3.63, 3.8) is 0 Å². The van der Waals surface area contributed by atoms with E-state index in [0.717, 1.165) is 12.8 Å². The number of nitrogens with one attached hydrogen (secondary N) is 2. The molecule has 2 amide bonds. The molecule has 9 nitrogen and oxygen atoms in total. The van der Waals surface area contributed by atoms with Gasteiger partial charge < -0.3 is 32.6 Å². The van der Waals surface area contributed by atoms with Crippen molar-refractivity contribution in [3.05, 3.63) is 0 Å². The standard InChI is InChI=1S/C15H31N5O4/c1-24-15(23)12(7-3-5-9-17)20-14(22)11(6-2-4-8-16)19-13(21)10-18/h11-12H,2-10,16-18H2,1H3,(H,19,21)(H,20,22). The van der Waals surface area contributed by atoms with Crippen LogP contribution in [0, 0.1) is 0 Å². The molecule has 0 aromatic rings. The number of carbonyl (C=O) groups excluding carboxylic acids is 3. The van der Waals surface area contributed by atoms with E-state index in [9.17, 15) is 14.4 Å². The van der Waals surface area contributed by atoms with Crippen LogP contribution in [0.3, 0.4) is 0 Å². The topological polar surface area (TPSA) is 163 Å². The molecule has 0 aromatic heterocycles. The van der Waals surface area contributed by atoms with E-state index < -0.39 is 29.9 Å². The molecule has 2 atom stereocenters. The number of ether oxygens (including phenoxy) is 1. The van der Waals surface area contributed by atoms with E-state index >= 15 is 0 Å². The summed E-state index contributed by atoms with van der Waals surface area (Å²) >= 11 is 0. The molecule has 0 saturated heterocycles. The Hall–Kier alpha value is -1.71. The molecule has 9 heteroatoms. The zero-order valence-electron chi connectivity index (χ0n) is 14.4. The normalized spacial score (nSPS) is 13.0. The Bertz CT molecular complexity index is 392. The van der Waals surface area contributed by atoms with Gasteiger partial charge in [0.05, 0.1) is 13.7 Å². The molecular weight excluding hydrogens is 314 g/mol. The Kier molecular flexibility index (Phi) is 12.7. The van der Waals surface area contributed by atoms with Gasteiger partial charge in [-0.15, -0.1) is 0 Å². The van der Waals surface area contributed by atoms with Crippen LogP contribution in [0.5, 0.6) is 0 Å². The highest BCUT2D eigenvalue weighted by Gasteiger charge is 2.26. The largest absolute Gasteiger partial charge is 0.467 e. The van der Waals surface area contributed by atoms with E-state index in [1.165, 1.54) is 7.11 Å². The van der Waals surface area contributed by atoms with Crippen molar-refractivity contribution in [2.24, 2.45) is 17.2 Å². The molecule has 0 fully saturated rings. The third-order valence-electron chi connectivity index (χ3n) is 3.53. The van der Waals surface area contributed by atoms with Crippen LogP contribution >= 0.6 is 0 Å². The number of amides is 2. The highest BCUT2D eigenvalue weighted by atomic mass is 16.5. The molecular formula is C15H31N5O4. The Morgan fingerprint density at radius 1 is 0.875 bits per heavy atom. The van der Waals surface area contributed by atoms with Crippen molar-refractivity contribution in [1.29, 1.82) is 0 Å². The predicted octanol–water partition coefficient (Wildman–Crippen LogP) is -1.65. The number of carbonyl (C=O) groups is 3. The third-order valence-corrected chi connectivity index (χ3v) is 3.53. The van der Waals surface area contributed by atoms with Gasteiger partial charge in [0.1, 0.15) is 12.1 Å². The van der Waals surface area contributed by atoms with E-state index in [2.05, 4.69) is 10.6 Å². The molecule has 24 heavy (non-hydrogen) atoms. The van der Waals surface area contributed by atoms with Gasteiger partial charge in [0.25, 0.3) is 0 Å². The van der Waals surface area contributed by atoms with Crippen molar-refractivity contribution < 1.29 is 19.1 Å². The summed E-state index contributed by atoms with van der Waals surface area (Å²) in [7, 11) is 1.26. The van der Waals surface area contributed by atoms with Gasteiger partial charge in [-0.25, -0.2) is 4.79 Å². The molecule has 8 N–H and O–H groups in total. The van der Waals surface area contributed by atoms with Crippen LogP contribution in [0.15, 0.2) is 0 Å². The summed E-state index contributed by atoms with van der Waals surface area (Å²) < 4.78 is 4.72. The summed E-state index contributed by atoms with van der Waals surface area (Å²) in [6.07, 6.45) is 3.69. The first-order chi connectivity index (χ1) is 11.5. The van der Waals surface area contributed by atoms with Crippen molar-refractivity contribution in [2.75, 3.05) is 26.7 Å². The van der Waals surface area contributed by atoms with E-state index in [1.54, 1.807) is 0 Å². The molecule has 0 radical (unpaired) electrons. The smallest absolute Gasteiger partial charge is 0.328 e. The maximum absolute atomic E-state index is 12.4. The first-order valence-electron chi connectivity index (χ1n) is 8.27. The van der Waals surface area contributed by atoms with Crippen molar-refractivity contribution in [3.8, 4) is 0 Å². The van der Waals surface area contributed by atoms with Gasteiger partial charge in [0.15, 0.2) is 0 Å². The Balaban J connectivity index is 4.79. The lowest BCUT2D eigenvalue weighted by molar-refractivity contribution is -0.145. The van der Waals surface area contributed by atoms with Crippen molar-refractivity contribution >= 4 is 17.8 Å². The molecule has 0 heterocycles. The van der Waals surface area contributed by atoms with Crippen LogP contribution < -0.4 is 27.8 Å². The first kappa shape index (κ1) is 22.3. The van der Waals surface area contributed by atoms with Gasteiger partial charge >= 0.3 is 5.97 Å². The van der Waals surface area contributed by atoms with Gasteiger partial charge in [0, 0.05) is 0 Å². The highest BCUT2D eigenvalue weighted by Crippen LogP contribution is 2.06. The number of nitrogens with two attached hydrogens (primary N) is 3. The summed E-state index contributed by atoms with van der Waals surface area (Å²) in [5.41, 5.74) is 16.2. The fourth-order valence-corrected chi connectivity index (χ4v) is 2.17. The zero-order valence-corrected chi connectivity index (χ0v) is 14.4. The van der Waals surface area contributed by atoms with Gasteiger partial charge in [-0.2, -0.15) is 0 Å². The van der Waals surface area contributed by atoms with Crippen LogP contribution in [0.25, 0.3) is 0 Å². The summed E-state index contributed by atoms with van der Waals surface area (Å²) in [6, 6.07) is -1.52. The first-order valence-corrected chi connectivity index (χ1v) is 8.27. The molecule has 0 rings (SSSR count). The maximum Gasteiger partial charge on any atom is 0.328 e. The second kappa shape index (κ2) is 13.7.